The highest BCUT2D eigenvalue weighted by Crippen LogP contribution is 2.34. The number of nitro benzene ring substituents is 1. The van der Waals surface area contributed by atoms with Crippen LogP contribution in [-0.2, 0) is 0 Å². The van der Waals surface area contributed by atoms with Gasteiger partial charge in [0.25, 0.3) is 17.5 Å². The quantitative estimate of drug-likeness (QED) is 0.323. The highest BCUT2D eigenvalue weighted by Gasteiger charge is 2.22. The van der Waals surface area contributed by atoms with Crippen molar-refractivity contribution in [2.24, 2.45) is 0 Å². The zero-order chi connectivity index (χ0) is 20.4. The van der Waals surface area contributed by atoms with Gasteiger partial charge in [0, 0.05) is 17.7 Å². The highest BCUT2D eigenvalue weighted by atomic mass is 35.5. The van der Waals surface area contributed by atoms with Gasteiger partial charge in [-0.15, -0.1) is 10.2 Å². The Morgan fingerprint density at radius 2 is 1.83 bits per heavy atom. The van der Waals surface area contributed by atoms with Gasteiger partial charge < -0.3 is 8.94 Å². The molecule has 0 saturated heterocycles. The van der Waals surface area contributed by atoms with Gasteiger partial charge in [-0.3, -0.25) is 10.1 Å². The fraction of sp³-hybridized carbons (Fsp3) is 0.0500. The summed E-state index contributed by atoms with van der Waals surface area (Å²) in [5, 5.41) is 23.1. The number of aromatic nitrogens is 3. The molecule has 0 N–H and O–H groups in total. The van der Waals surface area contributed by atoms with Crippen LogP contribution in [0.4, 0.5) is 5.69 Å². The van der Waals surface area contributed by atoms with Crippen LogP contribution in [0.3, 0.4) is 0 Å². The molecule has 0 atom stereocenters. The summed E-state index contributed by atoms with van der Waals surface area (Å²) in [7, 11) is 0. The molecule has 0 radical (unpaired) electrons. The summed E-state index contributed by atoms with van der Waals surface area (Å²) in [6, 6.07) is 15.4. The Morgan fingerprint density at radius 3 is 2.52 bits per heavy atom. The van der Waals surface area contributed by atoms with Crippen LogP contribution in [0.15, 0.2) is 63.5 Å². The molecule has 0 aliphatic carbocycles. The number of nitro groups is 1. The maximum absolute atomic E-state index is 10.7. The topological polar surface area (TPSA) is 108 Å². The summed E-state index contributed by atoms with van der Waals surface area (Å²) in [4.78, 5) is 10.3. The van der Waals surface area contributed by atoms with Crippen molar-refractivity contribution in [2.75, 3.05) is 0 Å². The lowest BCUT2D eigenvalue weighted by Gasteiger charge is -1.98. The van der Waals surface area contributed by atoms with Gasteiger partial charge in [0.2, 0.25) is 0 Å². The minimum absolute atomic E-state index is 0.00489. The Balaban J connectivity index is 1.65. The third-order valence-corrected chi connectivity index (χ3v) is 4.42. The molecule has 9 heteroatoms. The van der Waals surface area contributed by atoms with Gasteiger partial charge in [-0.05, 0) is 30.7 Å². The van der Waals surface area contributed by atoms with Gasteiger partial charge in [0.1, 0.15) is 22.0 Å². The van der Waals surface area contributed by atoms with Crippen molar-refractivity contribution in [3.05, 3.63) is 81.9 Å². The fourth-order valence-corrected chi connectivity index (χ4v) is 2.94. The molecule has 4 aromatic rings. The molecule has 0 aliphatic rings. The number of aryl methyl sites for hydroxylation is 1. The van der Waals surface area contributed by atoms with E-state index in [0.717, 1.165) is 5.56 Å². The first-order valence-corrected chi connectivity index (χ1v) is 8.88. The van der Waals surface area contributed by atoms with E-state index in [9.17, 15) is 10.1 Å². The Bertz CT molecular complexity index is 1200. The van der Waals surface area contributed by atoms with Crippen molar-refractivity contribution in [2.45, 2.75) is 6.92 Å². The zero-order valence-electron chi connectivity index (χ0n) is 15.1. The zero-order valence-corrected chi connectivity index (χ0v) is 15.8. The molecule has 144 valence electrons. The van der Waals surface area contributed by atoms with Crippen LogP contribution < -0.4 is 0 Å². The average Bonchev–Trinajstić information content (AvgIpc) is 3.35. The van der Waals surface area contributed by atoms with Gasteiger partial charge in [-0.1, -0.05) is 47.1 Å². The number of halogens is 1. The highest BCUT2D eigenvalue weighted by molar-refractivity contribution is 6.50. The minimum Gasteiger partial charge on any atom is -0.415 e. The minimum atomic E-state index is -0.467. The van der Waals surface area contributed by atoms with Crippen LogP contribution in [0.2, 0.25) is 0 Å². The number of nitrogens with zero attached hydrogens (tertiary/aromatic N) is 4. The average molecular weight is 409 g/mol. The SMILES string of the molecule is Cc1onc(-c2ccccc2)c1-c1nnc(/C(Cl)=C/c2ccc([N+](=O)[O-])cc2)o1. The van der Waals surface area contributed by atoms with Gasteiger partial charge in [0.05, 0.1) is 4.92 Å². The summed E-state index contributed by atoms with van der Waals surface area (Å²) < 4.78 is 11.1. The van der Waals surface area contributed by atoms with E-state index < -0.39 is 4.92 Å². The number of non-ortho nitro benzene ring substituents is 1. The lowest BCUT2D eigenvalue weighted by molar-refractivity contribution is -0.384. The second kappa shape index (κ2) is 7.69. The van der Waals surface area contributed by atoms with E-state index in [4.69, 9.17) is 20.5 Å². The van der Waals surface area contributed by atoms with Gasteiger partial charge in [-0.2, -0.15) is 0 Å². The Hall–Kier alpha value is -3.78. The summed E-state index contributed by atoms with van der Waals surface area (Å²) in [5.41, 5.74) is 2.69. The maximum atomic E-state index is 10.7. The number of rotatable bonds is 5. The molecule has 0 fully saturated rings. The molecule has 0 amide bonds. The van der Waals surface area contributed by atoms with Crippen molar-refractivity contribution < 1.29 is 13.9 Å². The summed E-state index contributed by atoms with van der Waals surface area (Å²) >= 11 is 6.31. The molecule has 8 nitrogen and oxygen atoms in total. The standard InChI is InChI=1S/C20H13ClN4O4/c1-12-17(18(24-29-12)14-5-3-2-4-6-14)20-23-22-19(28-20)16(21)11-13-7-9-15(10-8-13)25(26)27/h2-11H,1H3/b16-11-. The predicted molar refractivity (Wildman–Crippen MR) is 107 cm³/mol. The molecule has 2 aromatic heterocycles. The van der Waals surface area contributed by atoms with Gasteiger partial charge in [-0.25, -0.2) is 0 Å². The molecular formula is C20H13ClN4O4. The van der Waals surface area contributed by atoms with E-state index in [1.165, 1.54) is 12.1 Å². The lowest BCUT2D eigenvalue weighted by atomic mass is 10.1. The molecule has 0 bridgehead atoms. The number of hydrogen-bond acceptors (Lipinski definition) is 7. The Kier molecular flexibility index (Phi) is 4.92. The van der Waals surface area contributed by atoms with E-state index in [1.807, 2.05) is 30.3 Å². The van der Waals surface area contributed by atoms with Crippen LogP contribution in [0.1, 0.15) is 17.2 Å². The molecule has 29 heavy (non-hydrogen) atoms. The van der Waals surface area contributed by atoms with Crippen LogP contribution in [0.5, 0.6) is 0 Å². The van der Waals surface area contributed by atoms with Crippen LogP contribution >= 0.6 is 11.6 Å². The van der Waals surface area contributed by atoms with E-state index in [-0.39, 0.29) is 22.5 Å². The van der Waals surface area contributed by atoms with Crippen molar-refractivity contribution in [1.29, 1.82) is 0 Å². The van der Waals surface area contributed by atoms with Crippen LogP contribution in [0, 0.1) is 17.0 Å². The van der Waals surface area contributed by atoms with E-state index in [0.29, 0.717) is 22.6 Å². The summed E-state index contributed by atoms with van der Waals surface area (Å²) in [6.45, 7) is 1.76. The largest absolute Gasteiger partial charge is 0.415 e. The number of benzene rings is 2. The van der Waals surface area contributed by atoms with Gasteiger partial charge in [0.15, 0.2) is 0 Å². The van der Waals surface area contributed by atoms with Crippen molar-refractivity contribution >= 4 is 28.4 Å². The monoisotopic (exact) mass is 408 g/mol. The second-order valence-corrected chi connectivity index (χ2v) is 6.49. The van der Waals surface area contributed by atoms with E-state index >= 15 is 0 Å². The third-order valence-electron chi connectivity index (χ3n) is 4.15. The first-order chi connectivity index (χ1) is 14.0. The lowest BCUT2D eigenvalue weighted by Crippen LogP contribution is -1.86. The number of hydrogen-bond donors (Lipinski definition) is 0. The summed E-state index contributed by atoms with van der Waals surface area (Å²) in [5.74, 6) is 0.877. The molecule has 0 unspecified atom stereocenters. The first kappa shape index (κ1) is 18.6. The van der Waals surface area contributed by atoms with Crippen LogP contribution in [-0.4, -0.2) is 20.3 Å². The maximum Gasteiger partial charge on any atom is 0.269 e. The van der Waals surface area contributed by atoms with Crippen molar-refractivity contribution in [3.8, 4) is 22.7 Å². The molecular weight excluding hydrogens is 396 g/mol. The second-order valence-electron chi connectivity index (χ2n) is 6.08. The smallest absolute Gasteiger partial charge is 0.269 e. The van der Waals surface area contributed by atoms with E-state index in [2.05, 4.69) is 15.4 Å². The van der Waals surface area contributed by atoms with Gasteiger partial charge >= 0.3 is 0 Å². The molecule has 0 aliphatic heterocycles. The van der Waals surface area contributed by atoms with Crippen molar-refractivity contribution in [3.63, 3.8) is 0 Å². The predicted octanol–water partition coefficient (Wildman–Crippen LogP) is 5.35. The molecule has 0 spiro atoms. The molecule has 0 saturated carbocycles. The molecule has 2 heterocycles. The normalized spacial score (nSPS) is 11.6. The van der Waals surface area contributed by atoms with Crippen molar-refractivity contribution in [1.82, 2.24) is 15.4 Å². The summed E-state index contributed by atoms with van der Waals surface area (Å²) in [6.07, 6.45) is 1.58. The fourth-order valence-electron chi connectivity index (χ4n) is 2.74. The molecule has 4 rings (SSSR count). The van der Waals surface area contributed by atoms with Crippen LogP contribution in [0.25, 0.3) is 33.8 Å². The molecule has 2 aromatic carbocycles. The first-order valence-electron chi connectivity index (χ1n) is 8.50. The Morgan fingerprint density at radius 1 is 1.10 bits per heavy atom. The van der Waals surface area contributed by atoms with E-state index in [1.54, 1.807) is 25.1 Å². The third kappa shape index (κ3) is 3.78. The Labute approximate surface area is 169 Å².